The molecule has 0 unspecified atom stereocenters. The maximum atomic E-state index is 13.6. The largest absolute Gasteiger partial charge is 0.349 e. The summed E-state index contributed by atoms with van der Waals surface area (Å²) in [5.74, 6) is -0.331. The Balaban J connectivity index is 1.23. The molecule has 2 atom stereocenters. The van der Waals surface area contributed by atoms with Crippen LogP contribution in [0.1, 0.15) is 94.2 Å². The number of carbonyl (C=O) groups is 2. The molecule has 1 saturated heterocycles. The van der Waals surface area contributed by atoms with E-state index in [-0.39, 0.29) is 29.3 Å². The van der Waals surface area contributed by atoms with Crippen molar-refractivity contribution in [2.75, 3.05) is 13.1 Å². The molecule has 2 aromatic carbocycles. The first-order valence-electron chi connectivity index (χ1n) is 15.5. The van der Waals surface area contributed by atoms with Crippen molar-refractivity contribution in [3.8, 4) is 0 Å². The highest BCUT2D eigenvalue weighted by Crippen LogP contribution is 2.34. The van der Waals surface area contributed by atoms with Gasteiger partial charge in [-0.1, -0.05) is 75.4 Å². The summed E-state index contributed by atoms with van der Waals surface area (Å²) in [5.41, 5.74) is 5.62. The van der Waals surface area contributed by atoms with Crippen LogP contribution in [0.15, 0.2) is 78.4 Å². The number of carbonyl (C=O) groups excluding carboxylic acids is 2. The molecule has 7 nitrogen and oxygen atoms in total. The van der Waals surface area contributed by atoms with Crippen LogP contribution in [0.3, 0.4) is 0 Å². The molecule has 8 heteroatoms. The first-order valence-corrected chi connectivity index (χ1v) is 16.4. The molecule has 2 amide bonds. The number of aromatic nitrogens is 2. The van der Waals surface area contributed by atoms with E-state index in [9.17, 15) is 9.59 Å². The van der Waals surface area contributed by atoms with Crippen LogP contribution < -0.4 is 10.6 Å². The van der Waals surface area contributed by atoms with Crippen LogP contribution in [0.25, 0.3) is 0 Å². The fourth-order valence-electron chi connectivity index (χ4n) is 5.69. The summed E-state index contributed by atoms with van der Waals surface area (Å²) in [6, 6.07) is 20.5. The van der Waals surface area contributed by atoms with Crippen molar-refractivity contribution in [1.29, 1.82) is 0 Å². The van der Waals surface area contributed by atoms with E-state index in [2.05, 4.69) is 77.8 Å². The normalized spacial score (nSPS) is 15.7. The Kier molecular flexibility index (Phi) is 10.2. The standard InChI is InChI=1S/C36H43N5O2S/c1-25-24-44-34(39-25)32-14-9-17-41(32)35(43)29-20-28(22-38-23-29)33(42)40-31(19-26-10-6-5-7-11-26)15-16-37-21-27-12-8-13-30(18-27)36(2,3)4/h5-8,10-13,18,20,22-24,31-32,37H,9,14-17,19,21H2,1-4H3,(H,40,42)/t31-,32-/m1/s1. The lowest BCUT2D eigenvalue weighted by Crippen LogP contribution is -2.39. The fraction of sp³-hybridized carbons (Fsp3) is 0.389. The van der Waals surface area contributed by atoms with Gasteiger partial charge in [0, 0.05) is 42.6 Å². The molecule has 1 aliphatic heterocycles. The minimum Gasteiger partial charge on any atom is -0.349 e. The molecule has 0 radical (unpaired) electrons. The summed E-state index contributed by atoms with van der Waals surface area (Å²) in [6.07, 6.45) is 6.39. The summed E-state index contributed by atoms with van der Waals surface area (Å²) in [4.78, 5) is 37.9. The van der Waals surface area contributed by atoms with Crippen LogP contribution >= 0.6 is 11.3 Å². The number of nitrogens with zero attached hydrogens (tertiary/aromatic N) is 3. The van der Waals surface area contributed by atoms with E-state index < -0.39 is 0 Å². The monoisotopic (exact) mass is 609 g/mol. The van der Waals surface area contributed by atoms with Gasteiger partial charge in [-0.2, -0.15) is 0 Å². The number of likely N-dealkylation sites (tertiary alicyclic amines) is 1. The van der Waals surface area contributed by atoms with Crippen LogP contribution in [0.4, 0.5) is 0 Å². The van der Waals surface area contributed by atoms with Gasteiger partial charge in [-0.25, -0.2) is 4.98 Å². The van der Waals surface area contributed by atoms with Crippen molar-refractivity contribution < 1.29 is 9.59 Å². The molecule has 0 aliphatic carbocycles. The van der Waals surface area contributed by atoms with E-state index in [0.29, 0.717) is 24.1 Å². The highest BCUT2D eigenvalue weighted by atomic mass is 32.1. The molecular weight excluding hydrogens is 566 g/mol. The summed E-state index contributed by atoms with van der Waals surface area (Å²) >= 11 is 1.60. The Morgan fingerprint density at radius 1 is 1.02 bits per heavy atom. The highest BCUT2D eigenvalue weighted by Gasteiger charge is 2.33. The molecule has 0 bridgehead atoms. The van der Waals surface area contributed by atoms with Crippen molar-refractivity contribution in [2.24, 2.45) is 0 Å². The van der Waals surface area contributed by atoms with Gasteiger partial charge in [-0.15, -0.1) is 11.3 Å². The lowest BCUT2D eigenvalue weighted by Gasteiger charge is -2.23. The van der Waals surface area contributed by atoms with Crippen molar-refractivity contribution in [3.63, 3.8) is 0 Å². The van der Waals surface area contributed by atoms with Gasteiger partial charge in [0.25, 0.3) is 11.8 Å². The highest BCUT2D eigenvalue weighted by molar-refractivity contribution is 7.09. The predicted molar refractivity (Wildman–Crippen MR) is 177 cm³/mol. The van der Waals surface area contributed by atoms with Crippen LogP contribution in [0.5, 0.6) is 0 Å². The lowest BCUT2D eigenvalue weighted by atomic mass is 9.86. The lowest BCUT2D eigenvalue weighted by molar-refractivity contribution is 0.0735. The molecule has 230 valence electrons. The number of nitrogens with one attached hydrogen (secondary N) is 2. The third-order valence-corrected chi connectivity index (χ3v) is 9.20. The average Bonchev–Trinajstić information content (AvgIpc) is 3.68. The quantitative estimate of drug-likeness (QED) is 0.186. The SMILES string of the molecule is Cc1csc([C@H]2CCCN2C(=O)c2cncc(C(=O)N[C@H](CCNCc3cccc(C(C)(C)C)c3)Cc3ccccc3)c2)n1. The summed E-state index contributed by atoms with van der Waals surface area (Å²) in [5, 5.41) is 9.79. The molecule has 1 fully saturated rings. The third kappa shape index (κ3) is 8.18. The number of hydrogen-bond donors (Lipinski definition) is 2. The maximum absolute atomic E-state index is 13.6. The van der Waals surface area contributed by atoms with Crippen LogP contribution in [-0.4, -0.2) is 45.8 Å². The van der Waals surface area contributed by atoms with Crippen molar-refractivity contribution in [2.45, 2.75) is 77.4 Å². The molecule has 5 rings (SSSR count). The maximum Gasteiger partial charge on any atom is 0.256 e. The number of rotatable bonds is 11. The Morgan fingerprint density at radius 2 is 1.80 bits per heavy atom. The number of benzene rings is 2. The van der Waals surface area contributed by atoms with Gasteiger partial charge in [0.1, 0.15) is 5.01 Å². The van der Waals surface area contributed by atoms with Gasteiger partial charge in [-0.05, 0) is 67.3 Å². The van der Waals surface area contributed by atoms with E-state index in [4.69, 9.17) is 0 Å². The smallest absolute Gasteiger partial charge is 0.256 e. The topological polar surface area (TPSA) is 87.2 Å². The second-order valence-corrected chi connectivity index (χ2v) is 13.6. The van der Waals surface area contributed by atoms with Crippen molar-refractivity contribution >= 4 is 23.2 Å². The Hall–Kier alpha value is -3.88. The number of hydrogen-bond acceptors (Lipinski definition) is 6. The molecule has 3 heterocycles. The number of amides is 2. The average molecular weight is 610 g/mol. The first kappa shape index (κ1) is 31.5. The van der Waals surface area contributed by atoms with Crippen LogP contribution in [-0.2, 0) is 18.4 Å². The van der Waals surface area contributed by atoms with Gasteiger partial charge >= 0.3 is 0 Å². The van der Waals surface area contributed by atoms with Crippen molar-refractivity contribution in [3.05, 3.63) is 117 Å². The second kappa shape index (κ2) is 14.3. The number of thiazole rings is 1. The number of pyridine rings is 1. The second-order valence-electron chi connectivity index (χ2n) is 12.7. The van der Waals surface area contributed by atoms with Gasteiger partial charge in [-0.3, -0.25) is 14.6 Å². The molecule has 0 saturated carbocycles. The van der Waals surface area contributed by atoms with E-state index in [1.165, 1.54) is 17.3 Å². The van der Waals surface area contributed by atoms with Gasteiger partial charge in [0.15, 0.2) is 0 Å². The summed E-state index contributed by atoms with van der Waals surface area (Å²) < 4.78 is 0. The van der Waals surface area contributed by atoms with Crippen LogP contribution in [0.2, 0.25) is 0 Å². The fourth-order valence-corrected chi connectivity index (χ4v) is 6.63. The molecule has 0 spiro atoms. The number of aryl methyl sites for hydroxylation is 1. The van der Waals surface area contributed by atoms with Gasteiger partial charge in [0.05, 0.1) is 17.2 Å². The van der Waals surface area contributed by atoms with E-state index in [1.807, 2.05) is 35.4 Å². The zero-order valence-electron chi connectivity index (χ0n) is 26.2. The first-order chi connectivity index (χ1) is 21.2. The molecule has 4 aromatic rings. The van der Waals surface area contributed by atoms with E-state index in [0.717, 1.165) is 48.6 Å². The Bertz CT molecular complexity index is 1560. The zero-order chi connectivity index (χ0) is 31.1. The molecule has 2 aromatic heterocycles. The minimum atomic E-state index is -0.223. The molecule has 2 N–H and O–H groups in total. The summed E-state index contributed by atoms with van der Waals surface area (Å²) in [7, 11) is 0. The van der Waals surface area contributed by atoms with Crippen LogP contribution in [0, 0.1) is 6.92 Å². The van der Waals surface area contributed by atoms with E-state index in [1.54, 1.807) is 23.6 Å². The third-order valence-electron chi connectivity index (χ3n) is 8.13. The molecular formula is C36H43N5O2S. The van der Waals surface area contributed by atoms with Crippen molar-refractivity contribution in [1.82, 2.24) is 25.5 Å². The van der Waals surface area contributed by atoms with Gasteiger partial charge in [0.2, 0.25) is 0 Å². The Labute approximate surface area is 265 Å². The predicted octanol–water partition coefficient (Wildman–Crippen LogP) is 6.64. The minimum absolute atomic E-state index is 0.0302. The summed E-state index contributed by atoms with van der Waals surface area (Å²) in [6.45, 7) is 10.8. The molecule has 44 heavy (non-hydrogen) atoms. The van der Waals surface area contributed by atoms with E-state index >= 15 is 0 Å². The zero-order valence-corrected chi connectivity index (χ0v) is 27.0. The van der Waals surface area contributed by atoms with Gasteiger partial charge < -0.3 is 15.5 Å². The Morgan fingerprint density at radius 3 is 2.55 bits per heavy atom. The molecule has 1 aliphatic rings.